The molecule has 104 valence electrons. The van der Waals surface area contributed by atoms with E-state index >= 15 is 0 Å². The first-order chi connectivity index (χ1) is 9.11. The molecule has 0 aliphatic rings. The lowest BCUT2D eigenvalue weighted by atomic mass is 10.0. The van der Waals surface area contributed by atoms with Crippen molar-refractivity contribution >= 4 is 11.9 Å². The Kier molecular flexibility index (Phi) is 6.43. The van der Waals surface area contributed by atoms with Crippen LogP contribution in [0.3, 0.4) is 0 Å². The van der Waals surface area contributed by atoms with Crippen LogP contribution in [-0.2, 0) is 9.59 Å². The van der Waals surface area contributed by atoms with Crippen LogP contribution in [0.4, 0.5) is 0 Å². The van der Waals surface area contributed by atoms with E-state index in [9.17, 15) is 9.59 Å². The fourth-order valence-corrected chi connectivity index (χ4v) is 1.58. The van der Waals surface area contributed by atoms with E-state index in [2.05, 4.69) is 5.32 Å². The second-order valence-corrected chi connectivity index (χ2v) is 4.28. The molecule has 0 fully saturated rings. The quantitative estimate of drug-likeness (QED) is 0.750. The fourth-order valence-electron chi connectivity index (χ4n) is 1.58. The van der Waals surface area contributed by atoms with Gasteiger partial charge in [0.2, 0.25) is 0 Å². The summed E-state index contributed by atoms with van der Waals surface area (Å²) in [5.41, 5.74) is 0. The van der Waals surface area contributed by atoms with Crippen molar-refractivity contribution in [3.8, 4) is 5.75 Å². The van der Waals surface area contributed by atoms with E-state index in [1.165, 1.54) is 0 Å². The monoisotopic (exact) mass is 265 g/mol. The first-order valence-electron chi connectivity index (χ1n) is 6.28. The third kappa shape index (κ3) is 6.45. The molecule has 0 spiro atoms. The zero-order valence-electron chi connectivity index (χ0n) is 11.0. The van der Waals surface area contributed by atoms with Crippen LogP contribution in [0.2, 0.25) is 0 Å². The summed E-state index contributed by atoms with van der Waals surface area (Å²) in [6.45, 7) is 2.20. The lowest BCUT2D eigenvalue weighted by Crippen LogP contribution is -2.33. The summed E-state index contributed by atoms with van der Waals surface area (Å²) in [6, 6.07) is 9.06. The van der Waals surface area contributed by atoms with Gasteiger partial charge in [0.25, 0.3) is 5.91 Å². The Balaban J connectivity index is 2.25. The molecule has 0 aromatic heterocycles. The molecule has 5 heteroatoms. The predicted molar refractivity (Wildman–Crippen MR) is 71.0 cm³/mol. The van der Waals surface area contributed by atoms with Crippen molar-refractivity contribution < 1.29 is 19.4 Å². The molecule has 19 heavy (non-hydrogen) atoms. The molecule has 1 aromatic carbocycles. The van der Waals surface area contributed by atoms with Crippen LogP contribution < -0.4 is 10.1 Å². The van der Waals surface area contributed by atoms with Crippen molar-refractivity contribution in [1.29, 1.82) is 0 Å². The van der Waals surface area contributed by atoms with Gasteiger partial charge in [-0.25, -0.2) is 0 Å². The number of hydrogen-bond acceptors (Lipinski definition) is 3. The summed E-state index contributed by atoms with van der Waals surface area (Å²) in [6.07, 6.45) is 0.780. The van der Waals surface area contributed by atoms with Crippen LogP contribution >= 0.6 is 0 Å². The minimum absolute atomic E-state index is 0.0434. The van der Waals surface area contributed by atoms with Crippen molar-refractivity contribution in [2.24, 2.45) is 5.92 Å². The minimum atomic E-state index is -0.846. The molecule has 1 rings (SSSR count). The summed E-state index contributed by atoms with van der Waals surface area (Å²) < 4.78 is 5.29. The molecule has 1 atom stereocenters. The summed E-state index contributed by atoms with van der Waals surface area (Å²) in [5.74, 6) is -0.497. The molecule has 0 saturated heterocycles. The van der Waals surface area contributed by atoms with Gasteiger partial charge in [0.1, 0.15) is 5.75 Å². The van der Waals surface area contributed by atoms with Gasteiger partial charge in [-0.1, -0.05) is 31.5 Å². The third-order valence-corrected chi connectivity index (χ3v) is 2.74. The molecule has 0 saturated carbocycles. The number of amides is 1. The first kappa shape index (κ1) is 15.0. The van der Waals surface area contributed by atoms with E-state index in [0.717, 1.165) is 0 Å². The van der Waals surface area contributed by atoms with Crippen molar-refractivity contribution in [1.82, 2.24) is 5.32 Å². The summed E-state index contributed by atoms with van der Waals surface area (Å²) >= 11 is 0. The molecular weight excluding hydrogens is 246 g/mol. The number of ether oxygens (including phenoxy) is 1. The topological polar surface area (TPSA) is 75.6 Å². The predicted octanol–water partition coefficient (Wildman–Crippen LogP) is 1.68. The molecular formula is C14H19NO4. The highest BCUT2D eigenvalue weighted by atomic mass is 16.5. The van der Waals surface area contributed by atoms with Crippen molar-refractivity contribution in [3.63, 3.8) is 0 Å². The largest absolute Gasteiger partial charge is 0.484 e. The van der Waals surface area contributed by atoms with Crippen molar-refractivity contribution in [2.75, 3.05) is 13.2 Å². The number of hydrogen-bond donors (Lipinski definition) is 2. The van der Waals surface area contributed by atoms with E-state index in [1.54, 1.807) is 12.1 Å². The van der Waals surface area contributed by atoms with Gasteiger partial charge in [-0.2, -0.15) is 0 Å². The second-order valence-electron chi connectivity index (χ2n) is 4.28. The van der Waals surface area contributed by atoms with Crippen LogP contribution in [0, 0.1) is 5.92 Å². The molecule has 5 nitrogen and oxygen atoms in total. The molecule has 0 radical (unpaired) electrons. The van der Waals surface area contributed by atoms with Gasteiger partial charge in [0.15, 0.2) is 6.61 Å². The van der Waals surface area contributed by atoms with Gasteiger partial charge >= 0.3 is 5.97 Å². The van der Waals surface area contributed by atoms with Crippen molar-refractivity contribution in [3.05, 3.63) is 30.3 Å². The number of aliphatic carboxylic acids is 1. The lowest BCUT2D eigenvalue weighted by molar-refractivity contribution is -0.138. The average Bonchev–Trinajstić information content (AvgIpc) is 2.42. The number of carboxylic acid groups (broad SMARTS) is 1. The standard InChI is InChI=1S/C14H19NO4/c1-2-11(8-14(17)18)9-15-13(16)10-19-12-6-4-3-5-7-12/h3-7,11H,2,8-10H2,1H3,(H,15,16)(H,17,18). The Labute approximate surface area is 112 Å². The molecule has 1 amide bonds. The zero-order chi connectivity index (χ0) is 14.1. The van der Waals surface area contributed by atoms with Crippen molar-refractivity contribution in [2.45, 2.75) is 19.8 Å². The molecule has 0 aliphatic heterocycles. The zero-order valence-corrected chi connectivity index (χ0v) is 11.0. The minimum Gasteiger partial charge on any atom is -0.484 e. The van der Waals surface area contributed by atoms with Crippen LogP contribution in [0.15, 0.2) is 30.3 Å². The number of rotatable bonds is 8. The number of benzene rings is 1. The van der Waals surface area contributed by atoms with Crippen LogP contribution in [0.1, 0.15) is 19.8 Å². The number of para-hydroxylation sites is 1. The van der Waals surface area contributed by atoms with Gasteiger partial charge < -0.3 is 15.2 Å². The highest BCUT2D eigenvalue weighted by Crippen LogP contribution is 2.08. The Morgan fingerprint density at radius 2 is 2.00 bits per heavy atom. The maximum Gasteiger partial charge on any atom is 0.303 e. The van der Waals surface area contributed by atoms with Crippen LogP contribution in [0.25, 0.3) is 0 Å². The highest BCUT2D eigenvalue weighted by molar-refractivity contribution is 5.77. The Morgan fingerprint density at radius 1 is 1.32 bits per heavy atom. The van der Waals surface area contributed by atoms with Gasteiger partial charge in [-0.3, -0.25) is 9.59 Å². The van der Waals surface area contributed by atoms with Gasteiger partial charge in [0, 0.05) is 13.0 Å². The molecule has 2 N–H and O–H groups in total. The van der Waals surface area contributed by atoms with E-state index < -0.39 is 5.97 Å². The SMILES string of the molecule is CCC(CNC(=O)COc1ccccc1)CC(=O)O. The molecule has 1 unspecified atom stereocenters. The van der Waals surface area contributed by atoms with E-state index in [0.29, 0.717) is 18.7 Å². The molecule has 0 aliphatic carbocycles. The molecule has 0 bridgehead atoms. The fraction of sp³-hybridized carbons (Fsp3) is 0.429. The first-order valence-corrected chi connectivity index (χ1v) is 6.28. The molecule has 0 heterocycles. The number of carboxylic acids is 1. The summed E-state index contributed by atoms with van der Waals surface area (Å²) in [5, 5.41) is 11.4. The smallest absolute Gasteiger partial charge is 0.303 e. The van der Waals surface area contributed by atoms with E-state index in [-0.39, 0.29) is 24.9 Å². The van der Waals surface area contributed by atoms with Gasteiger partial charge in [0.05, 0.1) is 0 Å². The van der Waals surface area contributed by atoms with Gasteiger partial charge in [-0.15, -0.1) is 0 Å². The maximum atomic E-state index is 11.5. The third-order valence-electron chi connectivity index (χ3n) is 2.74. The van der Waals surface area contributed by atoms with Gasteiger partial charge in [-0.05, 0) is 18.1 Å². The van der Waals surface area contributed by atoms with Crippen LogP contribution in [0.5, 0.6) is 5.75 Å². The number of carbonyl (C=O) groups excluding carboxylic acids is 1. The Hall–Kier alpha value is -2.04. The molecule has 1 aromatic rings. The number of nitrogens with one attached hydrogen (secondary N) is 1. The Bertz CT molecular complexity index is 405. The average molecular weight is 265 g/mol. The second kappa shape index (κ2) is 8.13. The highest BCUT2D eigenvalue weighted by Gasteiger charge is 2.12. The maximum absolute atomic E-state index is 11.5. The summed E-state index contributed by atoms with van der Waals surface area (Å²) in [7, 11) is 0. The van der Waals surface area contributed by atoms with E-state index in [1.807, 2.05) is 25.1 Å². The number of carbonyl (C=O) groups is 2. The summed E-state index contributed by atoms with van der Waals surface area (Å²) in [4.78, 5) is 22.1. The normalized spacial score (nSPS) is 11.6. The van der Waals surface area contributed by atoms with E-state index in [4.69, 9.17) is 9.84 Å². The lowest BCUT2D eigenvalue weighted by Gasteiger charge is -2.13. The Morgan fingerprint density at radius 3 is 2.58 bits per heavy atom. The van der Waals surface area contributed by atoms with Crippen LogP contribution in [-0.4, -0.2) is 30.1 Å².